The zero-order valence-corrected chi connectivity index (χ0v) is 7.61. The van der Waals surface area contributed by atoms with Crippen LogP contribution in [0.4, 0.5) is 0 Å². The molecular formula is C6H8N2OS2. The molecule has 0 amide bonds. The average Bonchev–Trinajstić information content (AvgIpc) is 2.40. The van der Waals surface area contributed by atoms with Crippen molar-refractivity contribution in [3.63, 3.8) is 0 Å². The van der Waals surface area contributed by atoms with Crippen LogP contribution < -0.4 is 5.73 Å². The monoisotopic (exact) mass is 188 g/mol. The molecule has 0 fully saturated rings. The largest absolute Gasteiger partial charge is 0.391 e. The van der Waals surface area contributed by atoms with Crippen molar-refractivity contribution in [3.8, 4) is 0 Å². The first-order valence-electron chi connectivity index (χ1n) is 2.97. The fraction of sp³-hybridized carbons (Fsp3) is 0.333. The number of ether oxygens (including phenoxy) is 1. The molecule has 0 spiro atoms. The van der Waals surface area contributed by atoms with Gasteiger partial charge in [0.1, 0.15) is 10.00 Å². The second kappa shape index (κ2) is 3.75. The van der Waals surface area contributed by atoms with Gasteiger partial charge in [0.05, 0.1) is 0 Å². The van der Waals surface area contributed by atoms with Crippen molar-refractivity contribution >= 4 is 28.5 Å². The van der Waals surface area contributed by atoms with Gasteiger partial charge < -0.3 is 10.5 Å². The molecule has 3 nitrogen and oxygen atoms in total. The zero-order valence-electron chi connectivity index (χ0n) is 5.98. The van der Waals surface area contributed by atoms with E-state index in [1.165, 1.54) is 11.3 Å². The Kier molecular flexibility index (Phi) is 2.92. The number of rotatable bonds is 3. The molecule has 1 atom stereocenters. The molecule has 0 aromatic carbocycles. The van der Waals surface area contributed by atoms with Crippen LogP contribution >= 0.6 is 23.6 Å². The van der Waals surface area contributed by atoms with E-state index in [1.807, 2.05) is 5.38 Å². The van der Waals surface area contributed by atoms with Gasteiger partial charge in [0.15, 0.2) is 6.10 Å². The lowest BCUT2D eigenvalue weighted by Gasteiger charge is -2.08. The molecule has 2 N–H and O–H groups in total. The standard InChI is InChI=1S/C6H8N2OS2/c1-9-4(5(7)10)6-8-2-3-11-6/h2-4H,1H3,(H2,7,10). The topological polar surface area (TPSA) is 48.1 Å². The third-order valence-electron chi connectivity index (χ3n) is 1.17. The van der Waals surface area contributed by atoms with E-state index in [0.717, 1.165) is 5.01 Å². The normalized spacial score (nSPS) is 12.8. The SMILES string of the molecule is COC(C(N)=S)c1nccs1. The van der Waals surface area contributed by atoms with Crippen molar-refractivity contribution in [3.05, 3.63) is 16.6 Å². The van der Waals surface area contributed by atoms with Gasteiger partial charge in [-0.3, -0.25) is 0 Å². The van der Waals surface area contributed by atoms with E-state index in [0.29, 0.717) is 4.99 Å². The van der Waals surface area contributed by atoms with E-state index in [1.54, 1.807) is 13.3 Å². The summed E-state index contributed by atoms with van der Waals surface area (Å²) in [4.78, 5) is 4.36. The Balaban J connectivity index is 2.79. The second-order valence-electron chi connectivity index (χ2n) is 1.89. The van der Waals surface area contributed by atoms with E-state index in [-0.39, 0.29) is 6.10 Å². The first-order chi connectivity index (χ1) is 5.25. The van der Waals surface area contributed by atoms with E-state index in [2.05, 4.69) is 4.98 Å². The predicted octanol–water partition coefficient (Wildman–Crippen LogP) is 1.12. The molecule has 11 heavy (non-hydrogen) atoms. The van der Waals surface area contributed by atoms with Gasteiger partial charge in [-0.2, -0.15) is 0 Å². The van der Waals surface area contributed by atoms with Crippen LogP contribution in [-0.2, 0) is 4.74 Å². The summed E-state index contributed by atoms with van der Waals surface area (Å²) in [5.74, 6) is 0. The van der Waals surface area contributed by atoms with Gasteiger partial charge in [0.25, 0.3) is 0 Å². The van der Waals surface area contributed by atoms with Gasteiger partial charge in [0.2, 0.25) is 0 Å². The van der Waals surface area contributed by atoms with Crippen LogP contribution in [0.1, 0.15) is 11.1 Å². The summed E-state index contributed by atoms with van der Waals surface area (Å²) in [6.45, 7) is 0. The van der Waals surface area contributed by atoms with Crippen LogP contribution in [0.2, 0.25) is 0 Å². The highest BCUT2D eigenvalue weighted by Crippen LogP contribution is 2.18. The maximum Gasteiger partial charge on any atom is 0.158 e. The Morgan fingerprint density at radius 3 is 3.00 bits per heavy atom. The number of aromatic nitrogens is 1. The van der Waals surface area contributed by atoms with Crippen molar-refractivity contribution in [1.82, 2.24) is 4.98 Å². The van der Waals surface area contributed by atoms with E-state index < -0.39 is 0 Å². The van der Waals surface area contributed by atoms with Crippen molar-refractivity contribution in [2.75, 3.05) is 7.11 Å². The van der Waals surface area contributed by atoms with Gasteiger partial charge in [0, 0.05) is 18.7 Å². The van der Waals surface area contributed by atoms with E-state index in [4.69, 9.17) is 22.7 Å². The molecule has 1 aromatic rings. The fourth-order valence-corrected chi connectivity index (χ4v) is 1.71. The van der Waals surface area contributed by atoms with Crippen LogP contribution in [0.3, 0.4) is 0 Å². The van der Waals surface area contributed by atoms with Gasteiger partial charge >= 0.3 is 0 Å². The smallest absolute Gasteiger partial charge is 0.158 e. The third kappa shape index (κ3) is 1.95. The van der Waals surface area contributed by atoms with Crippen molar-refractivity contribution in [2.45, 2.75) is 6.10 Å². The van der Waals surface area contributed by atoms with Gasteiger partial charge in [-0.25, -0.2) is 4.98 Å². The molecule has 0 aliphatic carbocycles. The number of thiazole rings is 1. The van der Waals surface area contributed by atoms with Crippen LogP contribution in [0.25, 0.3) is 0 Å². The van der Waals surface area contributed by atoms with Crippen molar-refractivity contribution < 1.29 is 4.74 Å². The van der Waals surface area contributed by atoms with Crippen LogP contribution in [0, 0.1) is 0 Å². The molecule has 60 valence electrons. The molecule has 0 saturated carbocycles. The van der Waals surface area contributed by atoms with E-state index >= 15 is 0 Å². The summed E-state index contributed by atoms with van der Waals surface area (Å²) >= 11 is 6.26. The molecule has 1 rings (SSSR count). The highest BCUT2D eigenvalue weighted by atomic mass is 32.1. The molecule has 0 radical (unpaired) electrons. The number of nitrogens with zero attached hydrogens (tertiary/aromatic N) is 1. The van der Waals surface area contributed by atoms with E-state index in [9.17, 15) is 0 Å². The summed E-state index contributed by atoms with van der Waals surface area (Å²) in [5, 5.41) is 2.67. The first-order valence-corrected chi connectivity index (χ1v) is 4.26. The summed E-state index contributed by atoms with van der Waals surface area (Å²) in [7, 11) is 1.56. The summed E-state index contributed by atoms with van der Waals surface area (Å²) in [5.41, 5.74) is 5.41. The second-order valence-corrected chi connectivity index (χ2v) is 3.29. The number of hydrogen-bond acceptors (Lipinski definition) is 4. The van der Waals surface area contributed by atoms with Crippen molar-refractivity contribution in [2.24, 2.45) is 5.73 Å². The van der Waals surface area contributed by atoms with Gasteiger partial charge in [-0.15, -0.1) is 11.3 Å². The predicted molar refractivity (Wildman–Crippen MR) is 48.6 cm³/mol. The average molecular weight is 188 g/mol. The minimum Gasteiger partial charge on any atom is -0.391 e. The highest BCUT2D eigenvalue weighted by molar-refractivity contribution is 7.80. The highest BCUT2D eigenvalue weighted by Gasteiger charge is 2.15. The summed E-state index contributed by atoms with van der Waals surface area (Å²) in [6, 6.07) is 0. The van der Waals surface area contributed by atoms with Gasteiger partial charge in [-0.1, -0.05) is 12.2 Å². The van der Waals surface area contributed by atoms with Crippen LogP contribution in [0.15, 0.2) is 11.6 Å². The van der Waals surface area contributed by atoms with Crippen LogP contribution in [-0.4, -0.2) is 17.1 Å². The molecule has 0 aliphatic rings. The van der Waals surface area contributed by atoms with Gasteiger partial charge in [-0.05, 0) is 0 Å². The summed E-state index contributed by atoms with van der Waals surface area (Å²) in [6.07, 6.45) is 1.37. The number of thiocarbonyl (C=S) groups is 1. The number of methoxy groups -OCH3 is 1. The Morgan fingerprint density at radius 2 is 2.64 bits per heavy atom. The quantitative estimate of drug-likeness (QED) is 0.722. The first kappa shape index (κ1) is 8.58. The molecule has 5 heteroatoms. The lowest BCUT2D eigenvalue weighted by Crippen LogP contribution is -2.20. The lowest BCUT2D eigenvalue weighted by molar-refractivity contribution is 0.158. The molecule has 0 saturated heterocycles. The molecule has 1 unspecified atom stereocenters. The maximum atomic E-state index is 5.41. The minimum atomic E-state index is -0.329. The molecule has 0 aliphatic heterocycles. The lowest BCUT2D eigenvalue weighted by atomic mass is 10.4. The van der Waals surface area contributed by atoms with Crippen molar-refractivity contribution in [1.29, 1.82) is 0 Å². The summed E-state index contributed by atoms with van der Waals surface area (Å²) < 4.78 is 5.04. The fourth-order valence-electron chi connectivity index (χ4n) is 0.703. The van der Waals surface area contributed by atoms with Crippen LogP contribution in [0.5, 0.6) is 0 Å². The Bertz CT molecular complexity index is 235. The molecule has 1 aromatic heterocycles. The maximum absolute atomic E-state index is 5.41. The third-order valence-corrected chi connectivity index (χ3v) is 2.20. The molecule has 1 heterocycles. The Morgan fingerprint density at radius 1 is 1.91 bits per heavy atom. The Labute approximate surface area is 74.2 Å². The minimum absolute atomic E-state index is 0.322. The Hall–Kier alpha value is -0.520. The molecular weight excluding hydrogens is 180 g/mol. The number of nitrogens with two attached hydrogens (primary N) is 1. The molecule has 0 bridgehead atoms. The number of hydrogen-bond donors (Lipinski definition) is 1. The zero-order chi connectivity index (χ0) is 8.27.